The van der Waals surface area contributed by atoms with Gasteiger partial charge in [0.2, 0.25) is 5.91 Å². The van der Waals surface area contributed by atoms with E-state index in [2.05, 4.69) is 16.4 Å². The normalized spacial score (nSPS) is 20.5. The number of hydrogen-bond acceptors (Lipinski definition) is 2. The molecule has 5 heteroatoms. The molecule has 1 aliphatic rings. The van der Waals surface area contributed by atoms with E-state index < -0.39 is 11.9 Å². The predicted octanol–water partition coefficient (Wildman–Crippen LogP) is 2.33. The monoisotopic (exact) mass is 300 g/mol. The number of nitrogens with one attached hydrogen (secondary N) is 2. The summed E-state index contributed by atoms with van der Waals surface area (Å²) in [4.78, 5) is 26.1. The summed E-state index contributed by atoms with van der Waals surface area (Å²) in [5.41, 5.74) is 2.37. The second-order valence-electron chi connectivity index (χ2n) is 5.88. The topological polar surface area (TPSA) is 82.2 Å². The minimum absolute atomic E-state index is 0.113. The number of carbonyl (C=O) groups is 2. The minimum atomic E-state index is -0.856. The molecule has 2 atom stereocenters. The Balaban J connectivity index is 1.46. The summed E-state index contributed by atoms with van der Waals surface area (Å²) in [6.07, 6.45) is 5.04. The van der Waals surface area contributed by atoms with Crippen LogP contribution in [0, 0.1) is 11.8 Å². The first-order chi connectivity index (χ1) is 10.7. The highest BCUT2D eigenvalue weighted by Crippen LogP contribution is 2.34. The molecule has 1 aromatic carbocycles. The van der Waals surface area contributed by atoms with Gasteiger partial charge in [-0.1, -0.05) is 18.2 Å². The van der Waals surface area contributed by atoms with Crippen molar-refractivity contribution in [2.75, 3.05) is 6.54 Å². The Hall–Kier alpha value is -2.30. The van der Waals surface area contributed by atoms with Gasteiger partial charge in [-0.15, -0.1) is 0 Å². The predicted molar refractivity (Wildman–Crippen MR) is 83.5 cm³/mol. The van der Waals surface area contributed by atoms with E-state index in [0.29, 0.717) is 19.4 Å². The number of hydrogen-bond donors (Lipinski definition) is 3. The Morgan fingerprint density at radius 3 is 2.73 bits per heavy atom. The Labute approximate surface area is 128 Å². The fourth-order valence-electron chi connectivity index (χ4n) is 3.07. The third kappa shape index (κ3) is 2.84. The standard InChI is InChI=1S/C17H20N2O3/c20-16(13-7-8-14(13)17(21)22)18-9-3-4-11-10-19-15-6-2-1-5-12(11)15/h1-2,5-6,10,13-14,19H,3-4,7-9H2,(H,18,20)(H,21,22). The van der Waals surface area contributed by atoms with Crippen LogP contribution in [0.5, 0.6) is 0 Å². The Bertz CT molecular complexity index is 692. The van der Waals surface area contributed by atoms with E-state index >= 15 is 0 Å². The average Bonchev–Trinajstić information content (AvgIpc) is 2.85. The van der Waals surface area contributed by atoms with Gasteiger partial charge in [-0.3, -0.25) is 9.59 Å². The number of H-pyrrole nitrogens is 1. The summed E-state index contributed by atoms with van der Waals surface area (Å²) in [5, 5.41) is 13.1. The number of carboxylic acids is 1. The molecular formula is C17H20N2O3. The fraction of sp³-hybridized carbons (Fsp3) is 0.412. The number of aromatic amines is 1. The first-order valence-electron chi connectivity index (χ1n) is 7.72. The van der Waals surface area contributed by atoms with Gasteiger partial charge in [-0.2, -0.15) is 0 Å². The number of aryl methyl sites for hydroxylation is 1. The lowest BCUT2D eigenvalue weighted by Gasteiger charge is -2.31. The first-order valence-corrected chi connectivity index (χ1v) is 7.72. The zero-order valence-corrected chi connectivity index (χ0v) is 12.3. The molecule has 0 aliphatic heterocycles. The second-order valence-corrected chi connectivity index (χ2v) is 5.88. The van der Waals surface area contributed by atoms with Crippen LogP contribution in [0.25, 0.3) is 10.9 Å². The van der Waals surface area contributed by atoms with E-state index in [9.17, 15) is 9.59 Å². The number of aliphatic carboxylic acids is 1. The van der Waals surface area contributed by atoms with Crippen molar-refractivity contribution in [3.63, 3.8) is 0 Å². The Morgan fingerprint density at radius 1 is 1.23 bits per heavy atom. The van der Waals surface area contributed by atoms with Crippen LogP contribution >= 0.6 is 0 Å². The van der Waals surface area contributed by atoms with Gasteiger partial charge in [0, 0.05) is 23.6 Å². The highest BCUT2D eigenvalue weighted by molar-refractivity contribution is 5.86. The number of rotatable bonds is 6. The van der Waals surface area contributed by atoms with Gasteiger partial charge in [0.15, 0.2) is 0 Å². The maximum atomic E-state index is 11.9. The molecule has 0 bridgehead atoms. The number of carboxylic acid groups (broad SMARTS) is 1. The van der Waals surface area contributed by atoms with Gasteiger partial charge in [0.05, 0.1) is 11.8 Å². The maximum Gasteiger partial charge on any atom is 0.307 e. The van der Waals surface area contributed by atoms with E-state index in [4.69, 9.17) is 5.11 Å². The van der Waals surface area contributed by atoms with Crippen molar-refractivity contribution in [2.45, 2.75) is 25.7 Å². The summed E-state index contributed by atoms with van der Waals surface area (Å²) in [5.74, 6) is -1.80. The highest BCUT2D eigenvalue weighted by Gasteiger charge is 2.41. The van der Waals surface area contributed by atoms with Crippen molar-refractivity contribution in [1.29, 1.82) is 0 Å². The summed E-state index contributed by atoms with van der Waals surface area (Å²) < 4.78 is 0. The minimum Gasteiger partial charge on any atom is -0.481 e. The molecule has 116 valence electrons. The number of benzene rings is 1. The molecule has 1 aromatic heterocycles. The Kier molecular flexibility index (Phi) is 4.13. The van der Waals surface area contributed by atoms with Crippen LogP contribution in [0.1, 0.15) is 24.8 Å². The van der Waals surface area contributed by atoms with Crippen molar-refractivity contribution in [3.05, 3.63) is 36.0 Å². The van der Waals surface area contributed by atoms with Crippen molar-refractivity contribution >= 4 is 22.8 Å². The molecule has 2 aromatic rings. The van der Waals surface area contributed by atoms with Gasteiger partial charge in [-0.05, 0) is 37.3 Å². The number of aromatic nitrogens is 1. The molecule has 5 nitrogen and oxygen atoms in total. The smallest absolute Gasteiger partial charge is 0.307 e. The number of fused-ring (bicyclic) bond motifs is 1. The zero-order valence-electron chi connectivity index (χ0n) is 12.3. The van der Waals surface area contributed by atoms with Gasteiger partial charge in [0.25, 0.3) is 0 Å². The van der Waals surface area contributed by atoms with Gasteiger partial charge in [-0.25, -0.2) is 0 Å². The SMILES string of the molecule is O=C(O)C1CCC1C(=O)NCCCc1c[nH]c2ccccc12. The van der Waals surface area contributed by atoms with Crippen molar-refractivity contribution in [2.24, 2.45) is 11.8 Å². The molecule has 1 saturated carbocycles. The molecule has 1 fully saturated rings. The number of carbonyl (C=O) groups excluding carboxylic acids is 1. The lowest BCUT2D eigenvalue weighted by Crippen LogP contribution is -2.44. The number of para-hydroxylation sites is 1. The van der Waals surface area contributed by atoms with E-state index in [1.807, 2.05) is 24.4 Å². The van der Waals surface area contributed by atoms with Gasteiger partial charge in [0.1, 0.15) is 0 Å². The summed E-state index contributed by atoms with van der Waals surface area (Å²) in [6, 6.07) is 8.15. The van der Waals surface area contributed by atoms with Crippen molar-refractivity contribution in [1.82, 2.24) is 10.3 Å². The Morgan fingerprint density at radius 2 is 2.00 bits per heavy atom. The lowest BCUT2D eigenvalue weighted by molar-refractivity contribution is -0.152. The van der Waals surface area contributed by atoms with Crippen LogP contribution < -0.4 is 5.32 Å². The van der Waals surface area contributed by atoms with Crippen LogP contribution in [-0.4, -0.2) is 28.5 Å². The number of amides is 1. The van der Waals surface area contributed by atoms with E-state index in [-0.39, 0.29) is 11.8 Å². The van der Waals surface area contributed by atoms with Crippen LogP contribution in [0.15, 0.2) is 30.5 Å². The molecule has 3 N–H and O–H groups in total. The van der Waals surface area contributed by atoms with Crippen molar-refractivity contribution in [3.8, 4) is 0 Å². The molecule has 22 heavy (non-hydrogen) atoms. The van der Waals surface area contributed by atoms with E-state index in [0.717, 1.165) is 18.4 Å². The zero-order chi connectivity index (χ0) is 15.5. The van der Waals surface area contributed by atoms with Crippen LogP contribution in [0.4, 0.5) is 0 Å². The van der Waals surface area contributed by atoms with E-state index in [1.165, 1.54) is 10.9 Å². The van der Waals surface area contributed by atoms with Gasteiger partial charge >= 0.3 is 5.97 Å². The second kappa shape index (κ2) is 6.22. The molecule has 0 saturated heterocycles. The van der Waals surface area contributed by atoms with Crippen LogP contribution in [0.2, 0.25) is 0 Å². The molecule has 1 amide bonds. The third-order valence-electron chi connectivity index (χ3n) is 4.53. The summed E-state index contributed by atoms with van der Waals surface area (Å²) in [6.45, 7) is 0.585. The third-order valence-corrected chi connectivity index (χ3v) is 4.53. The summed E-state index contributed by atoms with van der Waals surface area (Å²) in [7, 11) is 0. The maximum absolute atomic E-state index is 11.9. The first kappa shape index (κ1) is 14.6. The van der Waals surface area contributed by atoms with Gasteiger partial charge < -0.3 is 15.4 Å². The highest BCUT2D eigenvalue weighted by atomic mass is 16.4. The molecule has 0 spiro atoms. The van der Waals surface area contributed by atoms with E-state index in [1.54, 1.807) is 0 Å². The quantitative estimate of drug-likeness (QED) is 0.716. The lowest BCUT2D eigenvalue weighted by atomic mass is 9.73. The molecule has 1 heterocycles. The molecule has 2 unspecified atom stereocenters. The molecule has 0 radical (unpaired) electrons. The molecular weight excluding hydrogens is 280 g/mol. The molecule has 1 aliphatic carbocycles. The van der Waals surface area contributed by atoms with Crippen LogP contribution in [0.3, 0.4) is 0 Å². The largest absolute Gasteiger partial charge is 0.481 e. The fourth-order valence-corrected chi connectivity index (χ4v) is 3.07. The van der Waals surface area contributed by atoms with Crippen molar-refractivity contribution < 1.29 is 14.7 Å². The molecule has 3 rings (SSSR count). The average molecular weight is 300 g/mol. The summed E-state index contributed by atoms with van der Waals surface area (Å²) >= 11 is 0. The van der Waals surface area contributed by atoms with Crippen LogP contribution in [-0.2, 0) is 16.0 Å².